The molecule has 1 N–H and O–H groups in total. The second-order valence-corrected chi connectivity index (χ2v) is 9.16. The van der Waals surface area contributed by atoms with E-state index in [1.165, 1.54) is 29.5 Å². The fourth-order valence-corrected chi connectivity index (χ4v) is 4.66. The van der Waals surface area contributed by atoms with E-state index in [1.807, 2.05) is 29.5 Å². The number of thiophene rings is 1. The lowest BCUT2D eigenvalue weighted by atomic mass is 10.2. The molecule has 3 rings (SSSR count). The molecule has 28 heavy (non-hydrogen) atoms. The highest BCUT2D eigenvalue weighted by Gasteiger charge is 2.18. The third-order valence-electron chi connectivity index (χ3n) is 4.40. The van der Waals surface area contributed by atoms with Crippen LogP contribution in [0, 0.1) is 0 Å². The summed E-state index contributed by atoms with van der Waals surface area (Å²) in [4.78, 5) is 15.0. The minimum absolute atomic E-state index is 0.0673. The van der Waals surface area contributed by atoms with Crippen LogP contribution in [0.15, 0.2) is 57.1 Å². The van der Waals surface area contributed by atoms with Gasteiger partial charge in [-0.15, -0.1) is 15.7 Å². The minimum Gasteiger partial charge on any atom is -0.362 e. The van der Waals surface area contributed by atoms with E-state index in [4.69, 9.17) is 0 Å². The van der Waals surface area contributed by atoms with Crippen LogP contribution >= 0.6 is 11.3 Å². The van der Waals surface area contributed by atoms with Crippen molar-refractivity contribution in [3.05, 3.63) is 52.7 Å². The summed E-state index contributed by atoms with van der Waals surface area (Å²) in [6.07, 6.45) is 6.84. The Morgan fingerprint density at radius 1 is 1.21 bits per heavy atom. The Hall–Kier alpha value is -2.45. The van der Waals surface area contributed by atoms with Crippen molar-refractivity contribution in [2.75, 3.05) is 18.9 Å². The van der Waals surface area contributed by atoms with E-state index >= 15 is 0 Å². The number of anilines is 1. The normalized spacial score (nSPS) is 17.0. The maximum atomic E-state index is 12.7. The van der Waals surface area contributed by atoms with Crippen LogP contribution in [-0.2, 0) is 14.8 Å². The largest absolute Gasteiger partial charge is 0.362 e. The fourth-order valence-electron chi connectivity index (χ4n) is 2.90. The predicted molar refractivity (Wildman–Crippen MR) is 114 cm³/mol. The van der Waals surface area contributed by atoms with Crippen molar-refractivity contribution in [1.82, 2.24) is 4.90 Å². The lowest BCUT2D eigenvalue weighted by Crippen LogP contribution is -2.26. The van der Waals surface area contributed by atoms with E-state index in [0.717, 1.165) is 30.7 Å². The van der Waals surface area contributed by atoms with Gasteiger partial charge in [-0.1, -0.05) is 18.6 Å². The van der Waals surface area contributed by atoms with Gasteiger partial charge in [-0.25, -0.2) is 0 Å². The summed E-state index contributed by atoms with van der Waals surface area (Å²) in [5, 5.41) is 4.62. The smallest absolute Gasteiger partial charge is 0.284 e. The minimum atomic E-state index is -3.84. The molecule has 1 amide bonds. The Labute approximate surface area is 169 Å². The van der Waals surface area contributed by atoms with Gasteiger partial charge >= 0.3 is 0 Å². The molecule has 1 aliphatic heterocycles. The van der Waals surface area contributed by atoms with Crippen LogP contribution in [0.25, 0.3) is 6.08 Å². The number of sulfonamides is 1. The van der Waals surface area contributed by atoms with E-state index in [9.17, 15) is 13.2 Å². The van der Waals surface area contributed by atoms with Crippen LogP contribution in [0.4, 0.5) is 5.69 Å². The zero-order valence-corrected chi connectivity index (χ0v) is 17.3. The number of carbonyl (C=O) groups excluding carboxylic acids is 1. The molecule has 1 saturated heterocycles. The Kier molecular flexibility index (Phi) is 6.64. The SMILES string of the molecule is CN1CCCCCC1=NS(=O)(=O)c1cccc(NC(=O)C=Cc2cccs2)c1. The van der Waals surface area contributed by atoms with Crippen molar-refractivity contribution in [3.8, 4) is 0 Å². The molecule has 148 valence electrons. The van der Waals surface area contributed by atoms with Crippen molar-refractivity contribution < 1.29 is 13.2 Å². The van der Waals surface area contributed by atoms with Crippen molar-refractivity contribution in [3.63, 3.8) is 0 Å². The number of hydrogen-bond acceptors (Lipinski definition) is 4. The number of nitrogens with zero attached hydrogens (tertiary/aromatic N) is 2. The Morgan fingerprint density at radius 2 is 2.07 bits per heavy atom. The molecule has 0 spiro atoms. The standard InChI is InChI=1S/C20H23N3O3S2/c1-23-13-4-2-3-10-19(23)22-28(25,26)18-9-5-7-16(15-18)21-20(24)12-11-17-8-6-14-27-17/h5-9,11-12,14-15H,2-4,10,13H2,1H3,(H,21,24). The number of hydrogen-bond donors (Lipinski definition) is 1. The molecule has 0 saturated carbocycles. The van der Waals surface area contributed by atoms with E-state index in [1.54, 1.807) is 18.2 Å². The maximum absolute atomic E-state index is 12.7. The molecule has 1 aromatic heterocycles. The molecule has 8 heteroatoms. The molecule has 0 bridgehead atoms. The zero-order valence-electron chi connectivity index (χ0n) is 15.7. The summed E-state index contributed by atoms with van der Waals surface area (Å²) in [5.74, 6) is 0.267. The fraction of sp³-hybridized carbons (Fsp3) is 0.300. The number of amides is 1. The molecule has 2 aromatic rings. The summed E-state index contributed by atoms with van der Waals surface area (Å²) < 4.78 is 29.5. The van der Waals surface area contributed by atoms with Crippen LogP contribution in [0.2, 0.25) is 0 Å². The van der Waals surface area contributed by atoms with Crippen molar-refractivity contribution in [2.24, 2.45) is 4.40 Å². The van der Waals surface area contributed by atoms with Crippen molar-refractivity contribution >= 4 is 44.9 Å². The number of amidine groups is 1. The molecule has 0 aliphatic carbocycles. The number of likely N-dealkylation sites (tertiary alicyclic amines) is 1. The maximum Gasteiger partial charge on any atom is 0.284 e. The molecule has 0 radical (unpaired) electrons. The third-order valence-corrected chi connectivity index (χ3v) is 6.54. The van der Waals surface area contributed by atoms with Gasteiger partial charge in [0.25, 0.3) is 10.0 Å². The highest BCUT2D eigenvalue weighted by Crippen LogP contribution is 2.20. The van der Waals surface area contributed by atoms with Crippen LogP contribution in [0.3, 0.4) is 0 Å². The Bertz CT molecular complexity index is 980. The summed E-state index contributed by atoms with van der Waals surface area (Å²) in [6, 6.07) is 10.00. The summed E-state index contributed by atoms with van der Waals surface area (Å²) >= 11 is 1.53. The lowest BCUT2D eigenvalue weighted by Gasteiger charge is -2.17. The number of benzene rings is 1. The molecule has 1 aliphatic rings. The number of nitrogens with one attached hydrogen (secondary N) is 1. The van der Waals surface area contributed by atoms with Gasteiger partial charge in [0.05, 0.1) is 4.90 Å². The van der Waals surface area contributed by atoms with Gasteiger partial charge in [-0.05, 0) is 48.6 Å². The van der Waals surface area contributed by atoms with Gasteiger partial charge in [0, 0.05) is 36.7 Å². The molecular weight excluding hydrogens is 394 g/mol. The van der Waals surface area contributed by atoms with Crippen LogP contribution in [0.5, 0.6) is 0 Å². The molecule has 0 atom stereocenters. The molecule has 1 aromatic carbocycles. The number of rotatable bonds is 5. The molecule has 2 heterocycles. The van der Waals surface area contributed by atoms with E-state index < -0.39 is 10.0 Å². The first kappa shape index (κ1) is 20.3. The van der Waals surface area contributed by atoms with Gasteiger partial charge in [0.1, 0.15) is 5.84 Å². The average Bonchev–Trinajstić information content (AvgIpc) is 3.11. The third kappa shape index (κ3) is 5.53. The van der Waals surface area contributed by atoms with Gasteiger partial charge in [-0.2, -0.15) is 8.42 Å². The monoisotopic (exact) mass is 417 g/mol. The quantitative estimate of drug-likeness (QED) is 0.746. The highest BCUT2D eigenvalue weighted by molar-refractivity contribution is 7.90. The van der Waals surface area contributed by atoms with E-state index in [-0.39, 0.29) is 10.8 Å². The lowest BCUT2D eigenvalue weighted by molar-refractivity contribution is -0.111. The summed E-state index contributed by atoms with van der Waals surface area (Å²) in [5.41, 5.74) is 0.413. The first-order chi connectivity index (χ1) is 13.4. The van der Waals surface area contributed by atoms with Gasteiger partial charge in [0.2, 0.25) is 5.91 Å². The Morgan fingerprint density at radius 3 is 2.86 bits per heavy atom. The predicted octanol–water partition coefficient (Wildman–Crippen LogP) is 3.99. The summed E-state index contributed by atoms with van der Waals surface area (Å²) in [7, 11) is -1.97. The zero-order chi connectivity index (χ0) is 20.0. The topological polar surface area (TPSA) is 78.8 Å². The second kappa shape index (κ2) is 9.16. The van der Waals surface area contributed by atoms with Crippen LogP contribution in [0.1, 0.15) is 30.6 Å². The van der Waals surface area contributed by atoms with Crippen molar-refractivity contribution in [1.29, 1.82) is 0 Å². The van der Waals surface area contributed by atoms with Gasteiger partial charge < -0.3 is 10.2 Å². The first-order valence-corrected chi connectivity index (χ1v) is 11.4. The van der Waals surface area contributed by atoms with Gasteiger partial charge in [0.15, 0.2) is 0 Å². The summed E-state index contributed by atoms with van der Waals surface area (Å²) in [6.45, 7) is 0.807. The van der Waals surface area contributed by atoms with E-state index in [2.05, 4.69) is 9.71 Å². The van der Waals surface area contributed by atoms with Crippen molar-refractivity contribution in [2.45, 2.75) is 30.6 Å². The molecule has 0 unspecified atom stereocenters. The first-order valence-electron chi connectivity index (χ1n) is 9.12. The Balaban J connectivity index is 1.75. The second-order valence-electron chi connectivity index (χ2n) is 6.58. The molecule has 6 nitrogen and oxygen atoms in total. The molecule has 1 fully saturated rings. The van der Waals surface area contributed by atoms with Crippen LogP contribution < -0.4 is 5.32 Å². The van der Waals surface area contributed by atoms with E-state index in [0.29, 0.717) is 17.9 Å². The average molecular weight is 418 g/mol. The van der Waals surface area contributed by atoms with Gasteiger partial charge in [-0.3, -0.25) is 4.79 Å². The molecular formula is C20H23N3O3S2. The number of carbonyl (C=O) groups is 1. The van der Waals surface area contributed by atoms with Crippen LogP contribution in [-0.4, -0.2) is 38.7 Å². The highest BCUT2D eigenvalue weighted by atomic mass is 32.2.